The first-order chi connectivity index (χ1) is 12.0. The van der Waals surface area contributed by atoms with Gasteiger partial charge >= 0.3 is 0 Å². The van der Waals surface area contributed by atoms with Gasteiger partial charge in [-0.15, -0.1) is 0 Å². The van der Waals surface area contributed by atoms with Gasteiger partial charge in [0.1, 0.15) is 16.7 Å². The van der Waals surface area contributed by atoms with Crippen LogP contribution in [-0.2, 0) is 9.59 Å². The van der Waals surface area contributed by atoms with Gasteiger partial charge in [-0.1, -0.05) is 23.9 Å². The molecule has 1 aromatic rings. The van der Waals surface area contributed by atoms with Crippen LogP contribution in [0.4, 0.5) is 5.69 Å². The molecule has 0 N–H and O–H groups in total. The quantitative estimate of drug-likeness (QED) is 0.607. The summed E-state index contributed by atoms with van der Waals surface area (Å²) in [5.74, 6) is -0.103. The molecule has 1 amide bonds. The number of hydrogen-bond acceptors (Lipinski definition) is 6. The zero-order valence-electron chi connectivity index (χ0n) is 14.4. The maximum absolute atomic E-state index is 12.7. The van der Waals surface area contributed by atoms with Crippen LogP contribution in [0.1, 0.15) is 6.92 Å². The molecule has 25 heavy (non-hydrogen) atoms. The highest BCUT2D eigenvalue weighted by Gasteiger charge is 2.29. The zero-order chi connectivity index (χ0) is 18.0. The van der Waals surface area contributed by atoms with Crippen molar-refractivity contribution < 1.29 is 9.59 Å². The van der Waals surface area contributed by atoms with Crippen molar-refractivity contribution in [2.24, 2.45) is 0 Å². The maximum Gasteiger partial charge on any atom is 0.219 e. The average Bonchev–Trinajstić information content (AvgIpc) is 2.93. The van der Waals surface area contributed by atoms with Gasteiger partial charge in [-0.25, -0.2) is 0 Å². The number of benzene rings is 1. The van der Waals surface area contributed by atoms with Crippen LogP contribution in [-0.4, -0.2) is 61.3 Å². The number of carbonyl (C=O) groups is 2. The Hall–Kier alpha value is -2.30. The normalized spacial score (nSPS) is 19.4. The van der Waals surface area contributed by atoms with Crippen LogP contribution < -0.4 is 4.90 Å². The smallest absolute Gasteiger partial charge is 0.219 e. The van der Waals surface area contributed by atoms with Crippen LogP contribution in [0.2, 0.25) is 0 Å². The fourth-order valence-corrected chi connectivity index (χ4v) is 4.22. The predicted octanol–water partition coefficient (Wildman–Crippen LogP) is 1.70. The average molecular weight is 356 g/mol. The molecule has 0 atom stereocenters. The third kappa shape index (κ3) is 3.55. The van der Waals surface area contributed by atoms with Crippen LogP contribution in [0, 0.1) is 11.3 Å². The van der Waals surface area contributed by atoms with Crippen LogP contribution >= 0.6 is 11.8 Å². The van der Waals surface area contributed by atoms with E-state index in [1.807, 2.05) is 41.1 Å². The summed E-state index contributed by atoms with van der Waals surface area (Å²) in [4.78, 5) is 30.8. The lowest BCUT2D eigenvalue weighted by atomic mass is 10.1. The summed E-state index contributed by atoms with van der Waals surface area (Å²) in [6.07, 6.45) is 0. The molecule has 2 aliphatic heterocycles. The van der Waals surface area contributed by atoms with Gasteiger partial charge in [-0.2, -0.15) is 5.26 Å². The number of rotatable bonds is 3. The second-order valence-electron chi connectivity index (χ2n) is 6.13. The number of para-hydroxylation sites is 1. The largest absolute Gasteiger partial charge is 0.340 e. The first kappa shape index (κ1) is 17.5. The molecule has 2 heterocycles. The van der Waals surface area contributed by atoms with Gasteiger partial charge in [-0.3, -0.25) is 14.5 Å². The first-order valence-electron chi connectivity index (χ1n) is 8.17. The van der Waals surface area contributed by atoms with E-state index >= 15 is 0 Å². The molecule has 6 nitrogen and oxygen atoms in total. The monoisotopic (exact) mass is 356 g/mol. The van der Waals surface area contributed by atoms with Gasteiger partial charge in [-0.05, 0) is 12.1 Å². The molecule has 0 aliphatic carbocycles. The first-order valence-corrected chi connectivity index (χ1v) is 8.99. The second kappa shape index (κ2) is 7.30. The molecule has 0 unspecified atom stereocenters. The van der Waals surface area contributed by atoms with Gasteiger partial charge in [0.15, 0.2) is 5.78 Å². The van der Waals surface area contributed by atoms with Crippen molar-refractivity contribution in [3.8, 4) is 6.07 Å². The van der Waals surface area contributed by atoms with Gasteiger partial charge < -0.3 is 9.80 Å². The Morgan fingerprint density at radius 3 is 2.48 bits per heavy atom. The number of ketones is 1. The molecule has 0 bridgehead atoms. The Morgan fingerprint density at radius 1 is 1.20 bits per heavy atom. The number of nitrogens with zero attached hydrogens (tertiary/aromatic N) is 4. The van der Waals surface area contributed by atoms with Crippen molar-refractivity contribution >= 4 is 29.1 Å². The van der Waals surface area contributed by atoms with E-state index < -0.39 is 0 Å². The molecule has 0 spiro atoms. The number of fused-ring (bicyclic) bond motifs is 1. The molecular weight excluding hydrogens is 336 g/mol. The van der Waals surface area contributed by atoms with E-state index in [-0.39, 0.29) is 23.8 Å². The highest BCUT2D eigenvalue weighted by atomic mass is 32.2. The second-order valence-corrected chi connectivity index (χ2v) is 7.16. The fourth-order valence-electron chi connectivity index (χ4n) is 3.05. The summed E-state index contributed by atoms with van der Waals surface area (Å²) < 4.78 is 0. The van der Waals surface area contributed by atoms with E-state index in [1.54, 1.807) is 11.8 Å². The minimum Gasteiger partial charge on any atom is -0.340 e. The number of carbonyl (C=O) groups excluding carboxylic acids is 2. The van der Waals surface area contributed by atoms with E-state index in [2.05, 4.69) is 6.07 Å². The number of hydrogen-bond donors (Lipinski definition) is 0. The lowest BCUT2D eigenvalue weighted by molar-refractivity contribution is -0.130. The van der Waals surface area contributed by atoms with E-state index in [4.69, 9.17) is 0 Å². The third-order valence-corrected chi connectivity index (χ3v) is 5.76. The topological polar surface area (TPSA) is 67.6 Å². The summed E-state index contributed by atoms with van der Waals surface area (Å²) in [6, 6.07) is 9.97. The van der Waals surface area contributed by atoms with Crippen molar-refractivity contribution in [2.75, 3.05) is 44.7 Å². The van der Waals surface area contributed by atoms with Gasteiger partial charge in [0, 0.05) is 45.0 Å². The molecule has 0 aromatic heterocycles. The number of piperazine rings is 1. The standard InChI is InChI=1S/C18H20N4O2S/c1-13(23)22-9-7-21(8-10-22)12-16(24)14(11-19)18-20(2)15-5-3-4-6-17(15)25-18/h3-6H,7-10,12H2,1-2H3. The number of anilines is 1. The number of nitriles is 1. The summed E-state index contributed by atoms with van der Waals surface area (Å²) >= 11 is 1.46. The molecule has 0 saturated carbocycles. The highest BCUT2D eigenvalue weighted by Crippen LogP contribution is 2.46. The molecule has 1 fully saturated rings. The molecule has 1 aromatic carbocycles. The highest BCUT2D eigenvalue weighted by molar-refractivity contribution is 8.03. The lowest BCUT2D eigenvalue weighted by Crippen LogP contribution is -2.49. The molecule has 1 saturated heterocycles. The number of amides is 1. The van der Waals surface area contributed by atoms with E-state index in [0.717, 1.165) is 10.6 Å². The molecule has 3 rings (SSSR count). The summed E-state index contributed by atoms with van der Waals surface area (Å²) in [7, 11) is 1.88. The Labute approximate surface area is 151 Å². The van der Waals surface area contributed by atoms with Crippen LogP contribution in [0.25, 0.3) is 0 Å². The summed E-state index contributed by atoms with van der Waals surface area (Å²) in [5.41, 5.74) is 1.22. The Kier molecular flexibility index (Phi) is 5.11. The summed E-state index contributed by atoms with van der Waals surface area (Å²) in [5, 5.41) is 10.2. The van der Waals surface area contributed by atoms with Gasteiger partial charge in [0.2, 0.25) is 5.91 Å². The predicted molar refractivity (Wildman–Crippen MR) is 97.0 cm³/mol. The van der Waals surface area contributed by atoms with Gasteiger partial charge in [0.05, 0.1) is 12.2 Å². The van der Waals surface area contributed by atoms with Crippen molar-refractivity contribution in [1.29, 1.82) is 5.26 Å². The van der Waals surface area contributed by atoms with E-state index in [1.165, 1.54) is 11.8 Å². The van der Waals surface area contributed by atoms with E-state index in [9.17, 15) is 14.9 Å². The van der Waals surface area contributed by atoms with Crippen LogP contribution in [0.15, 0.2) is 39.8 Å². The van der Waals surface area contributed by atoms with Crippen molar-refractivity contribution in [1.82, 2.24) is 9.80 Å². The maximum atomic E-state index is 12.7. The molecule has 2 aliphatic rings. The molecule has 0 radical (unpaired) electrons. The molecular formula is C18H20N4O2S. The summed E-state index contributed by atoms with van der Waals surface area (Å²) in [6.45, 7) is 4.33. The zero-order valence-corrected chi connectivity index (χ0v) is 15.2. The fraction of sp³-hybridized carbons (Fsp3) is 0.389. The number of Topliss-reactive ketones (excluding diaryl/α,β-unsaturated/α-hetero) is 1. The lowest BCUT2D eigenvalue weighted by Gasteiger charge is -2.33. The van der Waals surface area contributed by atoms with Crippen molar-refractivity contribution in [3.05, 3.63) is 34.9 Å². The molecule has 130 valence electrons. The Bertz CT molecular complexity index is 776. The third-order valence-electron chi connectivity index (χ3n) is 4.53. The Morgan fingerprint density at radius 2 is 1.88 bits per heavy atom. The number of thioether (sulfide) groups is 1. The SMILES string of the molecule is CC(=O)N1CCN(CC(=O)C(C#N)=C2Sc3ccccc3N2C)CC1. The Balaban J connectivity index is 1.71. The van der Waals surface area contributed by atoms with Crippen LogP contribution in [0.3, 0.4) is 0 Å². The van der Waals surface area contributed by atoms with Crippen molar-refractivity contribution in [3.63, 3.8) is 0 Å². The molecule has 7 heteroatoms. The van der Waals surface area contributed by atoms with Crippen LogP contribution in [0.5, 0.6) is 0 Å². The van der Waals surface area contributed by atoms with Crippen molar-refractivity contribution in [2.45, 2.75) is 11.8 Å². The van der Waals surface area contributed by atoms with Gasteiger partial charge in [0.25, 0.3) is 0 Å². The van der Waals surface area contributed by atoms with E-state index in [0.29, 0.717) is 31.2 Å². The minimum absolute atomic E-state index is 0.0625. The minimum atomic E-state index is -0.166.